The Bertz CT molecular complexity index is 843. The number of hydrogen-bond donors (Lipinski definition) is 1. The van der Waals surface area contributed by atoms with Gasteiger partial charge in [0.2, 0.25) is 5.91 Å². The molecule has 1 N–H and O–H groups in total. The van der Waals surface area contributed by atoms with E-state index in [2.05, 4.69) is 5.32 Å². The van der Waals surface area contributed by atoms with Crippen LogP contribution in [-0.2, 0) is 15.0 Å². The minimum Gasteiger partial charge on any atom is -0.483 e. The number of amides is 2. The van der Waals surface area contributed by atoms with Crippen molar-refractivity contribution in [2.24, 2.45) is 0 Å². The van der Waals surface area contributed by atoms with Crippen molar-refractivity contribution in [2.75, 3.05) is 23.9 Å². The molecule has 0 spiro atoms. The molecule has 5 nitrogen and oxygen atoms in total. The fourth-order valence-corrected chi connectivity index (χ4v) is 3.11. The zero-order chi connectivity index (χ0) is 18.2. The Morgan fingerprint density at radius 2 is 1.92 bits per heavy atom. The number of likely N-dealkylation sites (N-methyl/N-ethyl adjacent to an activating group) is 1. The predicted octanol–water partition coefficient (Wildman–Crippen LogP) is 3.27. The summed E-state index contributed by atoms with van der Waals surface area (Å²) in [6.07, 6.45) is 0. The molecule has 0 saturated heterocycles. The molecule has 3 rings (SSSR count). The van der Waals surface area contributed by atoms with Gasteiger partial charge in [-0.25, -0.2) is 0 Å². The van der Waals surface area contributed by atoms with Crippen molar-refractivity contribution >= 4 is 23.2 Å². The number of fused-ring (bicyclic) bond motifs is 1. The number of carbonyl (C=O) groups excluding carboxylic acids is 2. The van der Waals surface area contributed by atoms with Crippen LogP contribution in [0.2, 0.25) is 0 Å². The van der Waals surface area contributed by atoms with Crippen molar-refractivity contribution in [2.45, 2.75) is 26.2 Å². The predicted molar refractivity (Wildman–Crippen MR) is 98.2 cm³/mol. The van der Waals surface area contributed by atoms with Gasteiger partial charge in [0.15, 0.2) is 6.61 Å². The molecule has 0 radical (unpaired) electrons. The maximum Gasteiger partial charge on any atom is 0.262 e. The quantitative estimate of drug-likeness (QED) is 0.931. The topological polar surface area (TPSA) is 58.6 Å². The number of aryl methyl sites for hydroxylation is 1. The monoisotopic (exact) mass is 338 g/mol. The normalized spacial score (nSPS) is 15.0. The molecule has 2 aromatic rings. The molecule has 25 heavy (non-hydrogen) atoms. The van der Waals surface area contributed by atoms with Crippen LogP contribution in [0.15, 0.2) is 42.5 Å². The third-order valence-corrected chi connectivity index (χ3v) is 4.61. The number of benzene rings is 2. The highest BCUT2D eigenvalue weighted by Crippen LogP contribution is 2.41. The summed E-state index contributed by atoms with van der Waals surface area (Å²) >= 11 is 0. The van der Waals surface area contributed by atoms with Crippen LogP contribution in [0.4, 0.5) is 11.4 Å². The van der Waals surface area contributed by atoms with Gasteiger partial charge < -0.3 is 15.0 Å². The molecule has 1 aliphatic rings. The number of hydrogen-bond acceptors (Lipinski definition) is 3. The van der Waals surface area contributed by atoms with Crippen LogP contribution in [-0.4, -0.2) is 25.5 Å². The van der Waals surface area contributed by atoms with Gasteiger partial charge in [-0.3, -0.25) is 9.59 Å². The lowest BCUT2D eigenvalue weighted by atomic mass is 9.86. The lowest BCUT2D eigenvalue weighted by Crippen LogP contribution is -2.33. The van der Waals surface area contributed by atoms with Crippen molar-refractivity contribution in [3.63, 3.8) is 0 Å². The molecule has 0 aromatic heterocycles. The Kier molecular flexibility index (Phi) is 4.25. The van der Waals surface area contributed by atoms with Gasteiger partial charge in [0.05, 0.1) is 5.41 Å². The van der Waals surface area contributed by atoms with Gasteiger partial charge in [-0.2, -0.15) is 0 Å². The third kappa shape index (κ3) is 3.09. The molecule has 0 unspecified atom stereocenters. The highest BCUT2D eigenvalue weighted by Gasteiger charge is 2.42. The SMILES string of the molecule is Cc1ccccc1OCC(=O)Nc1ccc2c(c1)C(C)(C)C(=O)N2C. The van der Waals surface area contributed by atoms with Crippen molar-refractivity contribution in [1.29, 1.82) is 0 Å². The first-order valence-electron chi connectivity index (χ1n) is 8.21. The van der Waals surface area contributed by atoms with Gasteiger partial charge in [-0.15, -0.1) is 0 Å². The summed E-state index contributed by atoms with van der Waals surface area (Å²) < 4.78 is 5.56. The highest BCUT2D eigenvalue weighted by atomic mass is 16.5. The van der Waals surface area contributed by atoms with E-state index in [1.807, 2.05) is 57.2 Å². The lowest BCUT2D eigenvalue weighted by molar-refractivity contribution is -0.121. The Balaban J connectivity index is 1.70. The van der Waals surface area contributed by atoms with Crippen LogP contribution in [0.25, 0.3) is 0 Å². The fraction of sp³-hybridized carbons (Fsp3) is 0.300. The van der Waals surface area contributed by atoms with E-state index < -0.39 is 5.41 Å². The second-order valence-corrected chi connectivity index (χ2v) is 6.82. The van der Waals surface area contributed by atoms with E-state index in [9.17, 15) is 9.59 Å². The summed E-state index contributed by atoms with van der Waals surface area (Å²) in [6, 6.07) is 13.1. The van der Waals surface area contributed by atoms with Gasteiger partial charge >= 0.3 is 0 Å². The number of para-hydroxylation sites is 1. The molecule has 130 valence electrons. The molecule has 0 bridgehead atoms. The number of ether oxygens (including phenoxy) is 1. The average Bonchev–Trinajstić information content (AvgIpc) is 2.75. The average molecular weight is 338 g/mol. The van der Waals surface area contributed by atoms with Gasteiger partial charge in [0.25, 0.3) is 5.91 Å². The van der Waals surface area contributed by atoms with Crippen LogP contribution < -0.4 is 15.0 Å². The zero-order valence-corrected chi connectivity index (χ0v) is 14.9. The number of anilines is 2. The van der Waals surface area contributed by atoms with E-state index in [1.165, 1.54) is 0 Å². The molecule has 5 heteroatoms. The van der Waals surface area contributed by atoms with Gasteiger partial charge in [0, 0.05) is 18.4 Å². The van der Waals surface area contributed by atoms with Crippen molar-refractivity contribution in [1.82, 2.24) is 0 Å². The maximum atomic E-state index is 12.3. The molecular weight excluding hydrogens is 316 g/mol. The molecule has 2 aromatic carbocycles. The molecule has 0 saturated carbocycles. The third-order valence-electron chi connectivity index (χ3n) is 4.61. The van der Waals surface area contributed by atoms with Crippen molar-refractivity contribution in [3.05, 3.63) is 53.6 Å². The van der Waals surface area contributed by atoms with Gasteiger partial charge in [-0.05, 0) is 56.2 Å². The molecule has 0 fully saturated rings. The van der Waals surface area contributed by atoms with Crippen molar-refractivity contribution in [3.8, 4) is 5.75 Å². The Morgan fingerprint density at radius 3 is 2.64 bits per heavy atom. The standard InChI is InChI=1S/C20H22N2O3/c1-13-7-5-6-8-17(13)25-12-18(23)21-14-9-10-16-15(11-14)20(2,3)19(24)22(16)4/h5-11H,12H2,1-4H3,(H,21,23). The summed E-state index contributed by atoms with van der Waals surface area (Å²) in [5, 5.41) is 2.84. The smallest absolute Gasteiger partial charge is 0.262 e. The fourth-order valence-electron chi connectivity index (χ4n) is 3.11. The minimum atomic E-state index is -0.595. The number of nitrogens with zero attached hydrogens (tertiary/aromatic N) is 1. The van der Waals surface area contributed by atoms with Crippen LogP contribution in [0.1, 0.15) is 25.0 Å². The number of rotatable bonds is 4. The summed E-state index contributed by atoms with van der Waals surface area (Å²) in [4.78, 5) is 26.2. The van der Waals surface area contributed by atoms with E-state index >= 15 is 0 Å². The van der Waals surface area contributed by atoms with Crippen LogP contribution in [0, 0.1) is 6.92 Å². The lowest BCUT2D eigenvalue weighted by Gasteiger charge is -2.17. The van der Waals surface area contributed by atoms with E-state index in [-0.39, 0.29) is 18.4 Å². The van der Waals surface area contributed by atoms with E-state index in [1.54, 1.807) is 18.0 Å². The summed E-state index contributed by atoms with van der Waals surface area (Å²) in [5.41, 5.74) is 2.84. The number of carbonyl (C=O) groups is 2. The first kappa shape index (κ1) is 17.0. The number of nitrogens with one attached hydrogen (secondary N) is 1. The summed E-state index contributed by atoms with van der Waals surface area (Å²) in [5.74, 6) is 0.507. The molecular formula is C20H22N2O3. The zero-order valence-electron chi connectivity index (χ0n) is 14.9. The second-order valence-electron chi connectivity index (χ2n) is 6.82. The van der Waals surface area contributed by atoms with E-state index in [0.29, 0.717) is 11.4 Å². The van der Waals surface area contributed by atoms with Crippen LogP contribution >= 0.6 is 0 Å². The van der Waals surface area contributed by atoms with Gasteiger partial charge in [-0.1, -0.05) is 18.2 Å². The van der Waals surface area contributed by atoms with Crippen LogP contribution in [0.3, 0.4) is 0 Å². The highest BCUT2D eigenvalue weighted by molar-refractivity contribution is 6.07. The van der Waals surface area contributed by atoms with E-state index in [4.69, 9.17) is 4.74 Å². The first-order valence-corrected chi connectivity index (χ1v) is 8.21. The first-order chi connectivity index (χ1) is 11.8. The minimum absolute atomic E-state index is 0.0499. The summed E-state index contributed by atoms with van der Waals surface area (Å²) in [6.45, 7) is 5.66. The molecule has 1 aliphatic heterocycles. The Morgan fingerprint density at radius 1 is 1.20 bits per heavy atom. The van der Waals surface area contributed by atoms with Gasteiger partial charge in [0.1, 0.15) is 5.75 Å². The second kappa shape index (κ2) is 6.24. The van der Waals surface area contributed by atoms with Crippen LogP contribution in [0.5, 0.6) is 5.75 Å². The Hall–Kier alpha value is -2.82. The molecule has 2 amide bonds. The van der Waals surface area contributed by atoms with Crippen molar-refractivity contribution < 1.29 is 14.3 Å². The summed E-state index contributed by atoms with van der Waals surface area (Å²) in [7, 11) is 1.77. The Labute approximate surface area is 147 Å². The molecule has 0 aliphatic carbocycles. The van der Waals surface area contributed by atoms with E-state index in [0.717, 1.165) is 16.8 Å². The maximum absolute atomic E-state index is 12.3. The molecule has 1 heterocycles. The molecule has 0 atom stereocenters. The largest absolute Gasteiger partial charge is 0.483 e.